The van der Waals surface area contributed by atoms with E-state index >= 15 is 0 Å². The molecule has 2 N–H and O–H groups in total. The minimum atomic E-state index is -4.31. The number of hydrogen-bond donors (Lipinski definition) is 2. The van der Waals surface area contributed by atoms with Crippen LogP contribution in [-0.2, 0) is 22.9 Å². The van der Waals surface area contributed by atoms with Crippen molar-refractivity contribution in [3.05, 3.63) is 65.0 Å². The third kappa shape index (κ3) is 5.51. The third-order valence-electron chi connectivity index (χ3n) is 6.91. The lowest BCUT2D eigenvalue weighted by Gasteiger charge is -2.28. The zero-order valence-electron chi connectivity index (χ0n) is 21.8. The van der Waals surface area contributed by atoms with Gasteiger partial charge in [-0.2, -0.15) is 22.3 Å². The van der Waals surface area contributed by atoms with Crippen LogP contribution >= 0.6 is 0 Å². The van der Waals surface area contributed by atoms with E-state index in [-0.39, 0.29) is 35.6 Å². The number of pyridine rings is 1. The predicted molar refractivity (Wildman–Crippen MR) is 141 cm³/mol. The second-order valence-corrected chi connectivity index (χ2v) is 11.7. The van der Waals surface area contributed by atoms with Gasteiger partial charge in [-0.15, -0.1) is 0 Å². The highest BCUT2D eigenvalue weighted by Crippen LogP contribution is 2.41. The van der Waals surface area contributed by atoms with Gasteiger partial charge in [0.05, 0.1) is 17.8 Å². The van der Waals surface area contributed by atoms with E-state index in [0.717, 1.165) is 47.1 Å². The van der Waals surface area contributed by atoms with Crippen LogP contribution in [0.1, 0.15) is 55.8 Å². The molecule has 9 nitrogen and oxygen atoms in total. The fourth-order valence-corrected chi connectivity index (χ4v) is 5.95. The Bertz CT molecular complexity index is 1570. The van der Waals surface area contributed by atoms with E-state index in [1.165, 1.54) is 16.9 Å². The maximum atomic E-state index is 13.1. The van der Waals surface area contributed by atoms with Crippen molar-refractivity contribution in [2.24, 2.45) is 0 Å². The Hall–Kier alpha value is -3.80. The number of fused-ring (bicyclic) bond motifs is 1. The standard InChI is InChI=1S/C27H29F2N5O4S/c1-15(2)38-22-14-18(7-9-30-22)24-16(3)11-17-5-4-6-21(17)25(24)31-27(35)33-39(36,37)23-8-10-34(32-23)20-12-19(13-20)26(28)29/h7-11,14-15,20H,4-6,12-13H2,1-3H3,(H2,31,33,35). The topological polar surface area (TPSA) is 115 Å². The molecule has 0 unspecified atom stereocenters. The van der Waals surface area contributed by atoms with Gasteiger partial charge in [-0.1, -0.05) is 6.07 Å². The molecule has 1 saturated carbocycles. The van der Waals surface area contributed by atoms with Crippen molar-refractivity contribution in [2.45, 2.75) is 70.0 Å². The number of aromatic nitrogens is 3. The van der Waals surface area contributed by atoms with Crippen molar-refractivity contribution in [3.63, 3.8) is 0 Å². The summed E-state index contributed by atoms with van der Waals surface area (Å²) in [7, 11) is -4.31. The minimum Gasteiger partial charge on any atom is -0.475 e. The Morgan fingerprint density at radius 2 is 1.95 bits per heavy atom. The summed E-state index contributed by atoms with van der Waals surface area (Å²) in [6.45, 7) is 5.75. The number of amides is 2. The van der Waals surface area contributed by atoms with Crippen LogP contribution in [0.2, 0.25) is 0 Å². The number of benzene rings is 1. The molecule has 2 heterocycles. The van der Waals surface area contributed by atoms with E-state index in [2.05, 4.69) is 21.5 Å². The summed E-state index contributed by atoms with van der Waals surface area (Å²) in [5.41, 5.74) is 5.12. The zero-order valence-corrected chi connectivity index (χ0v) is 22.6. The van der Waals surface area contributed by atoms with E-state index in [9.17, 15) is 22.0 Å². The van der Waals surface area contributed by atoms with Crippen molar-refractivity contribution in [1.82, 2.24) is 19.5 Å². The molecule has 2 aliphatic rings. The van der Waals surface area contributed by atoms with Crippen molar-refractivity contribution in [2.75, 3.05) is 5.32 Å². The molecule has 39 heavy (non-hydrogen) atoms. The molecule has 0 atom stereocenters. The molecule has 12 heteroatoms. The second-order valence-electron chi connectivity index (χ2n) is 10.1. The first kappa shape index (κ1) is 26.8. The maximum absolute atomic E-state index is 13.1. The first-order valence-electron chi connectivity index (χ1n) is 12.7. The molecule has 1 fully saturated rings. The third-order valence-corrected chi connectivity index (χ3v) is 8.13. The van der Waals surface area contributed by atoms with Gasteiger partial charge in [-0.3, -0.25) is 4.68 Å². The molecule has 2 aromatic heterocycles. The average Bonchev–Trinajstić information content (AvgIpc) is 3.47. The van der Waals surface area contributed by atoms with Gasteiger partial charge in [-0.05, 0) is 92.8 Å². The Labute approximate surface area is 225 Å². The molecule has 0 bridgehead atoms. The Morgan fingerprint density at radius 3 is 2.67 bits per heavy atom. The van der Waals surface area contributed by atoms with Gasteiger partial charge in [0.2, 0.25) is 5.88 Å². The lowest BCUT2D eigenvalue weighted by molar-refractivity contribution is 0.233. The van der Waals surface area contributed by atoms with E-state index in [1.807, 2.05) is 31.6 Å². The first-order chi connectivity index (χ1) is 18.5. The Balaban J connectivity index is 1.40. The van der Waals surface area contributed by atoms with Crippen molar-refractivity contribution in [1.29, 1.82) is 0 Å². The van der Waals surface area contributed by atoms with Gasteiger partial charge in [0, 0.05) is 24.0 Å². The number of rotatable bonds is 7. The Kier molecular flexibility index (Phi) is 7.15. The number of hydrogen-bond acceptors (Lipinski definition) is 6. The molecule has 0 spiro atoms. The summed E-state index contributed by atoms with van der Waals surface area (Å²) in [5, 5.41) is 6.45. The molecular formula is C27H29F2N5O4S. The lowest BCUT2D eigenvalue weighted by atomic mass is 9.87. The van der Waals surface area contributed by atoms with Gasteiger partial charge in [-0.25, -0.2) is 14.5 Å². The van der Waals surface area contributed by atoms with Crippen LogP contribution in [0.25, 0.3) is 11.1 Å². The number of sulfonamides is 1. The van der Waals surface area contributed by atoms with Crippen LogP contribution in [0.5, 0.6) is 5.88 Å². The molecule has 2 amide bonds. The average molecular weight is 558 g/mol. The lowest BCUT2D eigenvalue weighted by Crippen LogP contribution is -2.35. The van der Waals surface area contributed by atoms with Crippen molar-refractivity contribution >= 4 is 21.7 Å². The highest BCUT2D eigenvalue weighted by atomic mass is 32.2. The largest absolute Gasteiger partial charge is 0.475 e. The first-order valence-corrected chi connectivity index (χ1v) is 14.2. The van der Waals surface area contributed by atoms with Crippen molar-refractivity contribution in [3.8, 4) is 17.0 Å². The molecular weight excluding hydrogens is 528 g/mol. The highest BCUT2D eigenvalue weighted by Gasteiger charge is 2.31. The summed E-state index contributed by atoms with van der Waals surface area (Å²) in [5.74, 6) is 0.444. The smallest absolute Gasteiger partial charge is 0.333 e. The molecule has 0 radical (unpaired) electrons. The molecule has 0 aliphatic heterocycles. The van der Waals surface area contributed by atoms with E-state index in [4.69, 9.17) is 4.74 Å². The van der Waals surface area contributed by atoms with Crippen LogP contribution in [0.4, 0.5) is 19.3 Å². The highest BCUT2D eigenvalue weighted by molar-refractivity contribution is 7.90. The molecule has 3 aromatic rings. The van der Waals surface area contributed by atoms with Gasteiger partial charge in [0.25, 0.3) is 16.1 Å². The minimum absolute atomic E-state index is 0.0380. The summed E-state index contributed by atoms with van der Waals surface area (Å²) in [6, 6.07) is 5.69. The number of urea groups is 1. The normalized spacial score (nSPS) is 16.6. The monoisotopic (exact) mass is 557 g/mol. The summed E-state index contributed by atoms with van der Waals surface area (Å²) in [4.78, 5) is 17.3. The predicted octanol–water partition coefficient (Wildman–Crippen LogP) is 5.53. The van der Waals surface area contributed by atoms with Gasteiger partial charge in [0.15, 0.2) is 5.03 Å². The van der Waals surface area contributed by atoms with E-state index < -0.39 is 22.1 Å². The quantitative estimate of drug-likeness (QED) is 0.395. The van der Waals surface area contributed by atoms with Gasteiger partial charge >= 0.3 is 6.03 Å². The molecule has 5 rings (SSSR count). The number of nitrogens with zero attached hydrogens (tertiary/aromatic N) is 3. The van der Waals surface area contributed by atoms with Crippen LogP contribution in [-0.4, -0.2) is 35.3 Å². The fourth-order valence-electron chi connectivity index (χ4n) is 5.11. The number of carbonyl (C=O) groups is 1. The summed E-state index contributed by atoms with van der Waals surface area (Å²) >= 11 is 0. The second kappa shape index (κ2) is 10.4. The molecule has 1 aromatic carbocycles. The zero-order chi connectivity index (χ0) is 27.9. The Morgan fingerprint density at radius 1 is 1.18 bits per heavy atom. The SMILES string of the molecule is Cc1cc2c(c(NC(=O)NS(=O)(=O)c3ccn(C4CC(=C(F)F)C4)n3)c1-c1ccnc(OC(C)C)c1)CCC2. The number of allylic oxidation sites excluding steroid dienone is 1. The maximum Gasteiger partial charge on any atom is 0.333 e. The summed E-state index contributed by atoms with van der Waals surface area (Å²) < 4.78 is 60.4. The summed E-state index contributed by atoms with van der Waals surface area (Å²) in [6.07, 6.45) is 4.02. The van der Waals surface area contributed by atoms with Crippen LogP contribution in [0.3, 0.4) is 0 Å². The number of halogens is 2. The van der Waals surface area contributed by atoms with E-state index in [1.54, 1.807) is 12.3 Å². The van der Waals surface area contributed by atoms with Gasteiger partial charge in [0.1, 0.15) is 0 Å². The van der Waals surface area contributed by atoms with Gasteiger partial charge < -0.3 is 10.1 Å². The number of carbonyl (C=O) groups excluding carboxylic acids is 1. The molecule has 2 aliphatic carbocycles. The fraction of sp³-hybridized carbons (Fsp3) is 0.370. The number of anilines is 1. The van der Waals surface area contributed by atoms with E-state index in [0.29, 0.717) is 11.6 Å². The van der Waals surface area contributed by atoms with Crippen LogP contribution in [0.15, 0.2) is 53.3 Å². The molecule has 206 valence electrons. The number of aryl methyl sites for hydroxylation is 2. The van der Waals surface area contributed by atoms with Crippen molar-refractivity contribution < 1.29 is 26.7 Å². The van der Waals surface area contributed by atoms with Crippen LogP contribution in [0, 0.1) is 6.92 Å². The number of ether oxygens (including phenoxy) is 1. The van der Waals surface area contributed by atoms with Crippen LogP contribution < -0.4 is 14.8 Å². The number of nitrogens with one attached hydrogen (secondary N) is 2. The molecule has 0 saturated heterocycles.